The molecule has 0 aliphatic carbocycles. The predicted molar refractivity (Wildman–Crippen MR) is 113 cm³/mol. The number of carbonyl (C=O) groups excluding carboxylic acids is 3. The molecule has 3 aromatic carbocycles. The van der Waals surface area contributed by atoms with Gasteiger partial charge in [-0.3, -0.25) is 14.4 Å². The largest absolute Gasteiger partial charge is 0.321 e. The molecule has 0 unspecified atom stereocenters. The molecule has 3 rings (SSSR count). The molecule has 0 saturated heterocycles. The van der Waals surface area contributed by atoms with Crippen molar-refractivity contribution in [2.45, 2.75) is 6.92 Å². The first-order chi connectivity index (χ1) is 14.0. The highest BCUT2D eigenvalue weighted by Gasteiger charge is 2.15. The molecule has 0 aliphatic rings. The van der Waals surface area contributed by atoms with E-state index in [0.717, 1.165) is 5.56 Å². The van der Waals surface area contributed by atoms with E-state index >= 15 is 0 Å². The van der Waals surface area contributed by atoms with Crippen LogP contribution in [0.25, 0.3) is 6.08 Å². The molecule has 0 atom stereocenters. The van der Waals surface area contributed by atoms with Crippen LogP contribution in [0.15, 0.2) is 90.6 Å². The standard InChI is InChI=1S/C24H20N2O3/c1-17(27)19-12-14-21(15-13-19)25-24(29)22(16-18-8-4-2-5-9-18)26-23(28)20-10-6-3-7-11-20/h2-16H,1H3,(H,25,29)(H,26,28)/b22-16-. The summed E-state index contributed by atoms with van der Waals surface area (Å²) in [7, 11) is 0. The van der Waals surface area contributed by atoms with E-state index in [-0.39, 0.29) is 17.4 Å². The zero-order valence-corrected chi connectivity index (χ0v) is 15.9. The second-order valence-electron chi connectivity index (χ2n) is 6.38. The van der Waals surface area contributed by atoms with Crippen molar-refractivity contribution in [2.75, 3.05) is 5.32 Å². The zero-order valence-electron chi connectivity index (χ0n) is 15.9. The summed E-state index contributed by atoms with van der Waals surface area (Å²) >= 11 is 0. The van der Waals surface area contributed by atoms with Gasteiger partial charge in [0.2, 0.25) is 0 Å². The number of carbonyl (C=O) groups is 3. The fourth-order valence-corrected chi connectivity index (χ4v) is 2.65. The van der Waals surface area contributed by atoms with Crippen molar-refractivity contribution >= 4 is 29.4 Å². The molecule has 0 heterocycles. The van der Waals surface area contributed by atoms with Crippen molar-refractivity contribution in [1.29, 1.82) is 0 Å². The Labute approximate surface area is 169 Å². The van der Waals surface area contributed by atoms with Crippen LogP contribution in [0.5, 0.6) is 0 Å². The normalized spacial score (nSPS) is 10.9. The van der Waals surface area contributed by atoms with Crippen molar-refractivity contribution in [2.24, 2.45) is 0 Å². The van der Waals surface area contributed by atoms with Gasteiger partial charge in [0, 0.05) is 16.8 Å². The Kier molecular flexibility index (Phi) is 6.32. The maximum atomic E-state index is 12.8. The van der Waals surface area contributed by atoms with Crippen molar-refractivity contribution in [1.82, 2.24) is 5.32 Å². The van der Waals surface area contributed by atoms with Crippen LogP contribution < -0.4 is 10.6 Å². The molecule has 5 heteroatoms. The Hall–Kier alpha value is -3.99. The summed E-state index contributed by atoms with van der Waals surface area (Å²) in [6.07, 6.45) is 1.61. The highest BCUT2D eigenvalue weighted by molar-refractivity contribution is 6.10. The van der Waals surface area contributed by atoms with E-state index in [2.05, 4.69) is 10.6 Å². The molecule has 2 N–H and O–H groups in total. The summed E-state index contributed by atoms with van der Waals surface area (Å²) < 4.78 is 0. The van der Waals surface area contributed by atoms with Gasteiger partial charge in [-0.05, 0) is 55.0 Å². The number of anilines is 1. The van der Waals surface area contributed by atoms with Crippen LogP contribution >= 0.6 is 0 Å². The molecule has 5 nitrogen and oxygen atoms in total. The summed E-state index contributed by atoms with van der Waals surface area (Å²) in [6, 6.07) is 24.5. The topological polar surface area (TPSA) is 75.3 Å². The van der Waals surface area contributed by atoms with Crippen LogP contribution in [0, 0.1) is 0 Å². The molecular formula is C24H20N2O3. The van der Waals surface area contributed by atoms with E-state index in [9.17, 15) is 14.4 Å². The van der Waals surface area contributed by atoms with Gasteiger partial charge in [0.25, 0.3) is 11.8 Å². The first-order valence-electron chi connectivity index (χ1n) is 9.08. The maximum absolute atomic E-state index is 12.8. The molecular weight excluding hydrogens is 364 g/mol. The minimum Gasteiger partial charge on any atom is -0.321 e. The Morgan fingerprint density at radius 3 is 1.90 bits per heavy atom. The number of amides is 2. The summed E-state index contributed by atoms with van der Waals surface area (Å²) in [5, 5.41) is 5.44. The molecule has 0 fully saturated rings. The van der Waals surface area contributed by atoms with E-state index in [4.69, 9.17) is 0 Å². The van der Waals surface area contributed by atoms with Crippen molar-refractivity contribution < 1.29 is 14.4 Å². The lowest BCUT2D eigenvalue weighted by Gasteiger charge is -2.11. The van der Waals surface area contributed by atoms with Crippen LogP contribution in [0.4, 0.5) is 5.69 Å². The molecule has 0 radical (unpaired) electrons. The smallest absolute Gasteiger partial charge is 0.272 e. The van der Waals surface area contributed by atoms with Gasteiger partial charge in [-0.15, -0.1) is 0 Å². The number of ketones is 1. The van der Waals surface area contributed by atoms with Gasteiger partial charge in [-0.1, -0.05) is 48.5 Å². The number of benzene rings is 3. The number of rotatable bonds is 6. The molecule has 29 heavy (non-hydrogen) atoms. The number of hydrogen-bond donors (Lipinski definition) is 2. The number of Topliss-reactive ketones (excluding diaryl/α,β-unsaturated/α-hetero) is 1. The summed E-state index contributed by atoms with van der Waals surface area (Å²) in [5.74, 6) is -0.897. The van der Waals surface area contributed by atoms with Gasteiger partial charge >= 0.3 is 0 Å². The van der Waals surface area contributed by atoms with Crippen LogP contribution in [0.3, 0.4) is 0 Å². The van der Waals surface area contributed by atoms with Gasteiger partial charge in [0.05, 0.1) is 0 Å². The first-order valence-corrected chi connectivity index (χ1v) is 9.08. The van der Waals surface area contributed by atoms with Gasteiger partial charge in [0.15, 0.2) is 5.78 Å². The minimum absolute atomic E-state index is 0.0531. The second-order valence-corrected chi connectivity index (χ2v) is 6.38. The Morgan fingerprint density at radius 2 is 1.31 bits per heavy atom. The molecule has 144 valence electrons. The lowest BCUT2D eigenvalue weighted by Crippen LogP contribution is -2.30. The first kappa shape index (κ1) is 19.8. The zero-order chi connectivity index (χ0) is 20.6. The monoisotopic (exact) mass is 384 g/mol. The summed E-state index contributed by atoms with van der Waals surface area (Å²) in [5.41, 5.74) is 2.41. The third-order valence-corrected chi connectivity index (χ3v) is 4.19. The predicted octanol–water partition coefficient (Wildman–Crippen LogP) is 4.30. The molecule has 3 aromatic rings. The van der Waals surface area contributed by atoms with Gasteiger partial charge < -0.3 is 10.6 Å². The van der Waals surface area contributed by atoms with E-state index < -0.39 is 5.91 Å². The Bertz CT molecular complexity index is 1040. The molecule has 0 saturated carbocycles. The lowest BCUT2D eigenvalue weighted by atomic mass is 10.1. The third-order valence-electron chi connectivity index (χ3n) is 4.19. The van der Waals surface area contributed by atoms with E-state index in [0.29, 0.717) is 16.8 Å². The number of hydrogen-bond acceptors (Lipinski definition) is 3. The van der Waals surface area contributed by atoms with Crippen LogP contribution in [0.1, 0.15) is 33.2 Å². The highest BCUT2D eigenvalue weighted by atomic mass is 16.2. The van der Waals surface area contributed by atoms with Crippen LogP contribution in [0.2, 0.25) is 0 Å². The van der Waals surface area contributed by atoms with Crippen LogP contribution in [-0.4, -0.2) is 17.6 Å². The minimum atomic E-state index is -0.464. The second kappa shape index (κ2) is 9.28. The van der Waals surface area contributed by atoms with Gasteiger partial charge in [0.1, 0.15) is 5.70 Å². The third kappa shape index (κ3) is 5.49. The Morgan fingerprint density at radius 1 is 0.724 bits per heavy atom. The molecule has 0 aromatic heterocycles. The lowest BCUT2D eigenvalue weighted by molar-refractivity contribution is -0.113. The molecule has 0 spiro atoms. The van der Waals surface area contributed by atoms with Crippen LogP contribution in [-0.2, 0) is 4.79 Å². The highest BCUT2D eigenvalue weighted by Crippen LogP contribution is 2.13. The molecule has 0 bridgehead atoms. The number of nitrogens with one attached hydrogen (secondary N) is 2. The van der Waals surface area contributed by atoms with Gasteiger partial charge in [-0.25, -0.2) is 0 Å². The SMILES string of the molecule is CC(=O)c1ccc(NC(=O)/C(=C/c2ccccc2)NC(=O)c2ccccc2)cc1. The van der Waals surface area contributed by atoms with Crippen molar-refractivity contribution in [3.63, 3.8) is 0 Å². The summed E-state index contributed by atoms with van der Waals surface area (Å²) in [4.78, 5) is 36.8. The van der Waals surface area contributed by atoms with E-state index in [1.807, 2.05) is 36.4 Å². The summed E-state index contributed by atoms with van der Waals surface area (Å²) in [6.45, 7) is 1.48. The van der Waals surface area contributed by atoms with Crippen molar-refractivity contribution in [3.05, 3.63) is 107 Å². The quantitative estimate of drug-likeness (QED) is 0.491. The Balaban J connectivity index is 1.84. The van der Waals surface area contributed by atoms with E-state index in [1.54, 1.807) is 54.6 Å². The average Bonchev–Trinajstić information content (AvgIpc) is 2.75. The van der Waals surface area contributed by atoms with Gasteiger partial charge in [-0.2, -0.15) is 0 Å². The average molecular weight is 384 g/mol. The fourth-order valence-electron chi connectivity index (χ4n) is 2.65. The van der Waals surface area contributed by atoms with E-state index in [1.165, 1.54) is 6.92 Å². The van der Waals surface area contributed by atoms with Crippen molar-refractivity contribution in [3.8, 4) is 0 Å². The molecule has 0 aliphatic heterocycles. The fraction of sp³-hybridized carbons (Fsp3) is 0.0417. The molecule has 2 amide bonds. The maximum Gasteiger partial charge on any atom is 0.272 e.